The molecule has 20 heavy (non-hydrogen) atoms. The summed E-state index contributed by atoms with van der Waals surface area (Å²) in [5.74, 6) is 0.856. The molecule has 1 saturated heterocycles. The second-order valence-corrected chi connectivity index (χ2v) is 6.27. The van der Waals surface area contributed by atoms with Crippen LogP contribution in [0.5, 0.6) is 5.75 Å². The fourth-order valence-corrected chi connectivity index (χ4v) is 2.10. The van der Waals surface area contributed by atoms with Crippen molar-refractivity contribution >= 4 is 7.12 Å². The van der Waals surface area contributed by atoms with Gasteiger partial charge in [-0.3, -0.25) is 0 Å². The second kappa shape index (κ2) is 5.26. The van der Waals surface area contributed by atoms with Crippen molar-refractivity contribution < 1.29 is 14.0 Å². The van der Waals surface area contributed by atoms with Crippen LogP contribution in [0.1, 0.15) is 33.3 Å². The molecule has 1 aromatic rings. The van der Waals surface area contributed by atoms with E-state index in [1.807, 2.05) is 52.0 Å². The average Bonchev–Trinajstić information content (AvgIpc) is 2.59. The number of benzene rings is 1. The van der Waals surface area contributed by atoms with Gasteiger partial charge in [-0.05, 0) is 57.3 Å². The van der Waals surface area contributed by atoms with Crippen LogP contribution >= 0.6 is 0 Å². The summed E-state index contributed by atoms with van der Waals surface area (Å²) in [5.41, 5.74) is 1.47. The lowest BCUT2D eigenvalue weighted by molar-refractivity contribution is 0.00578. The number of allylic oxidation sites excluding steroid dienone is 1. The van der Waals surface area contributed by atoms with Gasteiger partial charge in [0.2, 0.25) is 0 Å². The molecule has 0 amide bonds. The highest BCUT2D eigenvalue weighted by molar-refractivity contribution is 6.54. The summed E-state index contributed by atoms with van der Waals surface area (Å²) in [4.78, 5) is 0. The fourth-order valence-electron chi connectivity index (χ4n) is 2.10. The van der Waals surface area contributed by atoms with E-state index in [1.165, 1.54) is 5.56 Å². The topological polar surface area (TPSA) is 27.7 Å². The quantitative estimate of drug-likeness (QED) is 0.787. The predicted octanol–water partition coefficient (Wildman–Crippen LogP) is 3.43. The minimum atomic E-state index is -0.345. The van der Waals surface area contributed by atoms with Crippen LogP contribution in [0.25, 0.3) is 0 Å². The molecule has 0 spiro atoms. The van der Waals surface area contributed by atoms with E-state index in [2.05, 4.69) is 6.58 Å². The number of rotatable bonds is 4. The Morgan fingerprint density at radius 3 is 2.05 bits per heavy atom. The van der Waals surface area contributed by atoms with E-state index < -0.39 is 0 Å². The van der Waals surface area contributed by atoms with E-state index in [0.717, 1.165) is 17.6 Å². The third-order valence-electron chi connectivity index (χ3n) is 4.18. The Labute approximate surface area is 122 Å². The van der Waals surface area contributed by atoms with Crippen molar-refractivity contribution in [2.24, 2.45) is 0 Å². The van der Waals surface area contributed by atoms with Gasteiger partial charge in [0, 0.05) is 0 Å². The molecule has 3 nitrogen and oxygen atoms in total. The third kappa shape index (κ3) is 2.91. The first-order valence-corrected chi connectivity index (χ1v) is 6.91. The van der Waals surface area contributed by atoms with E-state index in [0.29, 0.717) is 0 Å². The Bertz CT molecular complexity index is 475. The van der Waals surface area contributed by atoms with Crippen molar-refractivity contribution in [1.82, 2.24) is 0 Å². The van der Waals surface area contributed by atoms with Crippen molar-refractivity contribution in [3.05, 3.63) is 41.9 Å². The molecule has 0 aromatic heterocycles. The first-order chi connectivity index (χ1) is 9.25. The molecule has 108 valence electrons. The SMILES string of the molecule is C=C(Cc1ccc(OC)cc1)B1OC(C)(C)C(C)(C)O1. The molecule has 0 radical (unpaired) electrons. The summed E-state index contributed by atoms with van der Waals surface area (Å²) in [6.07, 6.45) is 0.737. The van der Waals surface area contributed by atoms with Gasteiger partial charge in [-0.1, -0.05) is 12.1 Å². The van der Waals surface area contributed by atoms with Crippen molar-refractivity contribution in [1.29, 1.82) is 0 Å². The summed E-state index contributed by atoms with van der Waals surface area (Å²) in [7, 11) is 1.32. The molecule has 1 aliphatic rings. The molecule has 0 aliphatic carbocycles. The normalized spacial score (nSPS) is 19.9. The summed E-state index contributed by atoms with van der Waals surface area (Å²) < 4.78 is 17.1. The average molecular weight is 274 g/mol. The Balaban J connectivity index is 2.02. The molecule has 0 N–H and O–H groups in total. The highest BCUT2D eigenvalue weighted by Crippen LogP contribution is 2.38. The molecular weight excluding hydrogens is 251 g/mol. The van der Waals surface area contributed by atoms with Crippen LogP contribution in [0.15, 0.2) is 36.3 Å². The van der Waals surface area contributed by atoms with E-state index in [-0.39, 0.29) is 18.3 Å². The zero-order chi connectivity index (χ0) is 15.0. The van der Waals surface area contributed by atoms with Gasteiger partial charge in [0.25, 0.3) is 0 Å². The standard InChI is InChI=1S/C16H23BO3/c1-12(11-13-7-9-14(18-6)10-8-13)17-19-15(2,3)16(4,5)20-17/h7-10H,1,11H2,2-6H3. The maximum atomic E-state index is 6.00. The lowest BCUT2D eigenvalue weighted by Crippen LogP contribution is -2.41. The number of methoxy groups -OCH3 is 1. The smallest absolute Gasteiger partial charge is 0.490 e. The van der Waals surface area contributed by atoms with Crippen LogP contribution < -0.4 is 4.74 Å². The number of hydrogen-bond donors (Lipinski definition) is 0. The monoisotopic (exact) mass is 274 g/mol. The number of ether oxygens (including phenoxy) is 1. The first-order valence-electron chi connectivity index (χ1n) is 6.91. The van der Waals surface area contributed by atoms with E-state index in [1.54, 1.807) is 7.11 Å². The summed E-state index contributed by atoms with van der Waals surface area (Å²) in [5, 5.41) is 0. The number of hydrogen-bond acceptors (Lipinski definition) is 3. The molecule has 1 aliphatic heterocycles. The Hall–Kier alpha value is -1.26. The van der Waals surface area contributed by atoms with Crippen molar-refractivity contribution in [3.8, 4) is 5.75 Å². The molecule has 1 heterocycles. The van der Waals surface area contributed by atoms with Crippen LogP contribution in [-0.2, 0) is 15.7 Å². The maximum absolute atomic E-state index is 6.00. The molecule has 1 aromatic carbocycles. The highest BCUT2D eigenvalue weighted by atomic mass is 16.7. The Morgan fingerprint density at radius 1 is 1.10 bits per heavy atom. The molecule has 0 atom stereocenters. The fraction of sp³-hybridized carbons (Fsp3) is 0.500. The van der Waals surface area contributed by atoms with Crippen LogP contribution in [0.2, 0.25) is 0 Å². The van der Waals surface area contributed by atoms with Gasteiger partial charge in [0.05, 0.1) is 18.3 Å². The van der Waals surface area contributed by atoms with Gasteiger partial charge in [-0.15, -0.1) is 6.58 Å². The molecule has 1 fully saturated rings. The highest BCUT2D eigenvalue weighted by Gasteiger charge is 2.51. The molecule has 0 bridgehead atoms. The van der Waals surface area contributed by atoms with Gasteiger partial charge in [0.1, 0.15) is 5.75 Å². The van der Waals surface area contributed by atoms with Gasteiger partial charge in [0.15, 0.2) is 0 Å². The molecule has 0 unspecified atom stereocenters. The summed E-state index contributed by atoms with van der Waals surface area (Å²) >= 11 is 0. The van der Waals surface area contributed by atoms with Crippen LogP contribution in [0.3, 0.4) is 0 Å². The predicted molar refractivity (Wildman–Crippen MR) is 81.9 cm³/mol. The van der Waals surface area contributed by atoms with E-state index >= 15 is 0 Å². The Kier molecular flexibility index (Phi) is 3.98. The largest absolute Gasteiger partial charge is 0.497 e. The molecule has 4 heteroatoms. The molecule has 2 rings (SSSR count). The minimum Gasteiger partial charge on any atom is -0.497 e. The molecular formula is C16H23BO3. The lowest BCUT2D eigenvalue weighted by Gasteiger charge is -2.32. The van der Waals surface area contributed by atoms with Crippen LogP contribution in [0.4, 0.5) is 0 Å². The zero-order valence-corrected chi connectivity index (χ0v) is 13.0. The Morgan fingerprint density at radius 2 is 1.60 bits per heavy atom. The van der Waals surface area contributed by atoms with Gasteiger partial charge < -0.3 is 14.0 Å². The van der Waals surface area contributed by atoms with E-state index in [4.69, 9.17) is 14.0 Å². The van der Waals surface area contributed by atoms with Crippen molar-refractivity contribution in [3.63, 3.8) is 0 Å². The van der Waals surface area contributed by atoms with Gasteiger partial charge >= 0.3 is 7.12 Å². The maximum Gasteiger partial charge on any atom is 0.490 e. The van der Waals surface area contributed by atoms with Crippen molar-refractivity contribution in [2.45, 2.75) is 45.3 Å². The summed E-state index contributed by atoms with van der Waals surface area (Å²) in [6, 6.07) is 7.98. The first kappa shape index (κ1) is 15.1. The van der Waals surface area contributed by atoms with Gasteiger partial charge in [-0.2, -0.15) is 0 Å². The molecule has 0 saturated carbocycles. The summed E-state index contributed by atoms with van der Waals surface area (Å²) in [6.45, 7) is 12.3. The third-order valence-corrected chi connectivity index (χ3v) is 4.18. The van der Waals surface area contributed by atoms with Gasteiger partial charge in [-0.25, -0.2) is 0 Å². The zero-order valence-electron chi connectivity index (χ0n) is 13.0. The minimum absolute atomic E-state index is 0.319. The van der Waals surface area contributed by atoms with Crippen LogP contribution in [-0.4, -0.2) is 25.4 Å². The van der Waals surface area contributed by atoms with Crippen molar-refractivity contribution in [2.75, 3.05) is 7.11 Å². The van der Waals surface area contributed by atoms with Crippen LogP contribution in [0, 0.1) is 0 Å². The second-order valence-electron chi connectivity index (χ2n) is 6.27. The lowest BCUT2D eigenvalue weighted by atomic mass is 9.76. The van der Waals surface area contributed by atoms with E-state index in [9.17, 15) is 0 Å².